The number of nitrogens with one attached hydrogen (secondary N) is 1. The lowest BCUT2D eigenvalue weighted by atomic mass is 9.87. The van der Waals surface area contributed by atoms with Crippen molar-refractivity contribution in [2.24, 2.45) is 11.1 Å². The van der Waals surface area contributed by atoms with E-state index >= 15 is 0 Å². The van der Waals surface area contributed by atoms with Crippen LogP contribution in [-0.4, -0.2) is 11.9 Å². The first kappa shape index (κ1) is 13.6. The molecule has 0 saturated heterocycles. The summed E-state index contributed by atoms with van der Waals surface area (Å²) in [5.41, 5.74) is 5.94. The molecule has 3 N–H and O–H groups in total. The summed E-state index contributed by atoms with van der Waals surface area (Å²) in [5.74, 6) is -0.585. The SMILES string of the molecule is CC(C)(C)C(N)C(=O)NCc1ccccc1F. The average Bonchev–Trinajstić information content (AvgIpc) is 2.25. The van der Waals surface area contributed by atoms with Crippen LogP contribution in [0.3, 0.4) is 0 Å². The highest BCUT2D eigenvalue weighted by molar-refractivity contribution is 5.82. The number of rotatable bonds is 3. The van der Waals surface area contributed by atoms with Gasteiger partial charge < -0.3 is 11.1 Å². The van der Waals surface area contributed by atoms with Gasteiger partial charge in [0, 0.05) is 12.1 Å². The standard InChI is InChI=1S/C13H19FN2O/c1-13(2,3)11(15)12(17)16-8-9-6-4-5-7-10(9)14/h4-7,11H,8,15H2,1-3H3,(H,16,17). The van der Waals surface area contributed by atoms with Crippen molar-refractivity contribution in [2.45, 2.75) is 33.4 Å². The molecule has 4 heteroatoms. The summed E-state index contributed by atoms with van der Waals surface area (Å²) >= 11 is 0. The van der Waals surface area contributed by atoms with E-state index in [2.05, 4.69) is 5.32 Å². The fourth-order valence-corrected chi connectivity index (χ4v) is 1.33. The maximum atomic E-state index is 13.3. The Balaban J connectivity index is 2.58. The predicted molar refractivity (Wildman–Crippen MR) is 65.7 cm³/mol. The molecular formula is C13H19FN2O. The van der Waals surface area contributed by atoms with Crippen LogP contribution in [0.25, 0.3) is 0 Å². The topological polar surface area (TPSA) is 55.1 Å². The Bertz CT molecular complexity index is 399. The van der Waals surface area contributed by atoms with Crippen LogP contribution in [0.2, 0.25) is 0 Å². The molecule has 0 bridgehead atoms. The van der Waals surface area contributed by atoms with Gasteiger partial charge in [-0.1, -0.05) is 39.0 Å². The summed E-state index contributed by atoms with van der Waals surface area (Å²) in [6, 6.07) is 5.74. The van der Waals surface area contributed by atoms with Gasteiger partial charge in [-0.3, -0.25) is 4.79 Å². The zero-order valence-electron chi connectivity index (χ0n) is 10.5. The first-order chi connectivity index (χ1) is 7.82. The minimum Gasteiger partial charge on any atom is -0.351 e. The van der Waals surface area contributed by atoms with E-state index in [0.29, 0.717) is 5.56 Å². The second kappa shape index (κ2) is 5.27. The van der Waals surface area contributed by atoms with E-state index in [1.807, 2.05) is 20.8 Å². The Hall–Kier alpha value is -1.42. The highest BCUT2D eigenvalue weighted by Crippen LogP contribution is 2.17. The summed E-state index contributed by atoms with van der Waals surface area (Å²) in [6.07, 6.45) is 0. The lowest BCUT2D eigenvalue weighted by molar-refractivity contribution is -0.124. The van der Waals surface area contributed by atoms with Gasteiger partial charge in [0.1, 0.15) is 5.82 Å². The van der Waals surface area contributed by atoms with Gasteiger partial charge >= 0.3 is 0 Å². The van der Waals surface area contributed by atoms with Crippen LogP contribution in [-0.2, 0) is 11.3 Å². The third-order valence-corrected chi connectivity index (χ3v) is 2.63. The molecule has 17 heavy (non-hydrogen) atoms. The van der Waals surface area contributed by atoms with Crippen LogP contribution in [0.1, 0.15) is 26.3 Å². The molecule has 1 amide bonds. The first-order valence-electron chi connectivity index (χ1n) is 5.59. The molecule has 0 aromatic heterocycles. The molecule has 0 saturated carbocycles. The highest BCUT2D eigenvalue weighted by Gasteiger charge is 2.27. The summed E-state index contributed by atoms with van der Waals surface area (Å²) < 4.78 is 13.3. The quantitative estimate of drug-likeness (QED) is 0.844. The second-order valence-corrected chi connectivity index (χ2v) is 5.15. The number of halogens is 1. The molecule has 1 rings (SSSR count). The van der Waals surface area contributed by atoms with E-state index in [0.717, 1.165) is 0 Å². The molecule has 0 aliphatic carbocycles. The van der Waals surface area contributed by atoms with Crippen molar-refractivity contribution in [3.05, 3.63) is 35.6 Å². The molecule has 1 unspecified atom stereocenters. The third kappa shape index (κ3) is 3.82. The number of carbonyl (C=O) groups is 1. The van der Waals surface area contributed by atoms with E-state index in [1.54, 1.807) is 18.2 Å². The molecule has 0 fully saturated rings. The van der Waals surface area contributed by atoms with Gasteiger partial charge in [-0.05, 0) is 11.5 Å². The lowest BCUT2D eigenvalue weighted by Gasteiger charge is -2.25. The van der Waals surface area contributed by atoms with Gasteiger partial charge in [0.15, 0.2) is 0 Å². The number of hydrogen-bond donors (Lipinski definition) is 2. The van der Waals surface area contributed by atoms with Crippen LogP contribution in [0, 0.1) is 11.2 Å². The molecule has 1 aromatic rings. The maximum Gasteiger partial charge on any atom is 0.237 e. The Kier molecular flexibility index (Phi) is 4.23. The number of hydrogen-bond acceptors (Lipinski definition) is 2. The molecule has 0 spiro atoms. The molecule has 0 radical (unpaired) electrons. The summed E-state index contributed by atoms with van der Waals surface area (Å²) in [7, 11) is 0. The molecule has 0 aliphatic rings. The Labute approximate surface area is 101 Å². The van der Waals surface area contributed by atoms with Crippen molar-refractivity contribution < 1.29 is 9.18 Å². The van der Waals surface area contributed by atoms with E-state index in [1.165, 1.54) is 6.07 Å². The summed E-state index contributed by atoms with van der Waals surface area (Å²) in [6.45, 7) is 5.83. The van der Waals surface area contributed by atoms with Crippen molar-refractivity contribution in [2.75, 3.05) is 0 Å². The summed E-state index contributed by atoms with van der Waals surface area (Å²) in [4.78, 5) is 11.7. The van der Waals surface area contributed by atoms with Gasteiger partial charge in [0.05, 0.1) is 6.04 Å². The van der Waals surface area contributed by atoms with Crippen molar-refractivity contribution in [3.63, 3.8) is 0 Å². The second-order valence-electron chi connectivity index (χ2n) is 5.15. The van der Waals surface area contributed by atoms with Crippen molar-refractivity contribution in [3.8, 4) is 0 Å². The normalized spacial score (nSPS) is 13.2. The van der Waals surface area contributed by atoms with Gasteiger partial charge in [0.25, 0.3) is 0 Å². The number of amides is 1. The van der Waals surface area contributed by atoms with E-state index in [9.17, 15) is 9.18 Å². The van der Waals surface area contributed by atoms with Crippen LogP contribution >= 0.6 is 0 Å². The molecular weight excluding hydrogens is 219 g/mol. The Morgan fingerprint density at radius 1 is 1.41 bits per heavy atom. The molecule has 94 valence electrons. The predicted octanol–water partition coefficient (Wildman–Crippen LogP) is 1.82. The summed E-state index contributed by atoms with van der Waals surface area (Å²) in [5, 5.41) is 2.64. The van der Waals surface area contributed by atoms with E-state index in [-0.39, 0.29) is 23.7 Å². The van der Waals surface area contributed by atoms with Crippen LogP contribution in [0.4, 0.5) is 4.39 Å². The molecule has 3 nitrogen and oxygen atoms in total. The molecule has 0 aliphatic heterocycles. The number of benzene rings is 1. The molecule has 1 aromatic carbocycles. The largest absolute Gasteiger partial charge is 0.351 e. The first-order valence-corrected chi connectivity index (χ1v) is 5.59. The highest BCUT2D eigenvalue weighted by atomic mass is 19.1. The Morgan fingerprint density at radius 2 is 2.00 bits per heavy atom. The van der Waals surface area contributed by atoms with Crippen molar-refractivity contribution >= 4 is 5.91 Å². The Morgan fingerprint density at radius 3 is 2.53 bits per heavy atom. The van der Waals surface area contributed by atoms with Crippen LogP contribution in [0.5, 0.6) is 0 Å². The van der Waals surface area contributed by atoms with E-state index in [4.69, 9.17) is 5.73 Å². The van der Waals surface area contributed by atoms with Crippen molar-refractivity contribution in [1.29, 1.82) is 0 Å². The lowest BCUT2D eigenvalue weighted by Crippen LogP contribution is -2.48. The van der Waals surface area contributed by atoms with Crippen molar-refractivity contribution in [1.82, 2.24) is 5.32 Å². The van der Waals surface area contributed by atoms with Crippen LogP contribution < -0.4 is 11.1 Å². The molecule has 1 atom stereocenters. The van der Waals surface area contributed by atoms with Gasteiger partial charge in [0.2, 0.25) is 5.91 Å². The average molecular weight is 238 g/mol. The monoisotopic (exact) mass is 238 g/mol. The fourth-order valence-electron chi connectivity index (χ4n) is 1.33. The van der Waals surface area contributed by atoms with Gasteiger partial charge in [-0.15, -0.1) is 0 Å². The third-order valence-electron chi connectivity index (χ3n) is 2.63. The number of carbonyl (C=O) groups excluding carboxylic acids is 1. The van der Waals surface area contributed by atoms with Gasteiger partial charge in [-0.2, -0.15) is 0 Å². The fraction of sp³-hybridized carbons (Fsp3) is 0.462. The minimum atomic E-state index is -0.603. The molecule has 0 heterocycles. The smallest absolute Gasteiger partial charge is 0.237 e. The van der Waals surface area contributed by atoms with Gasteiger partial charge in [-0.25, -0.2) is 4.39 Å². The zero-order valence-corrected chi connectivity index (χ0v) is 10.5. The van der Waals surface area contributed by atoms with Crippen LogP contribution in [0.15, 0.2) is 24.3 Å². The maximum absolute atomic E-state index is 13.3. The minimum absolute atomic E-state index is 0.162. The van der Waals surface area contributed by atoms with E-state index < -0.39 is 6.04 Å². The number of nitrogens with two attached hydrogens (primary N) is 1. The zero-order chi connectivity index (χ0) is 13.1.